The molecule has 1 rings (SSSR count). The highest BCUT2D eigenvalue weighted by molar-refractivity contribution is 5.92. The Morgan fingerprint density at radius 2 is 2.12 bits per heavy atom. The third-order valence-electron chi connectivity index (χ3n) is 2.34. The van der Waals surface area contributed by atoms with Crippen LogP contribution in [0.3, 0.4) is 0 Å². The lowest BCUT2D eigenvalue weighted by atomic mass is 10.1. The average Bonchev–Trinajstić information content (AvgIpc) is 2.22. The number of nitrogens with two attached hydrogens (primary N) is 1. The van der Waals surface area contributed by atoms with Crippen LogP contribution < -0.4 is 5.73 Å². The maximum absolute atomic E-state index is 13.1. The van der Waals surface area contributed by atoms with Crippen LogP contribution in [-0.2, 0) is 4.74 Å². The highest BCUT2D eigenvalue weighted by Crippen LogP contribution is 2.17. The molecule has 0 unspecified atom stereocenters. The Hall–Kier alpha value is -1.62. The van der Waals surface area contributed by atoms with Gasteiger partial charge in [0.25, 0.3) is 0 Å². The summed E-state index contributed by atoms with van der Waals surface area (Å²) in [6.07, 6.45) is 0. The van der Waals surface area contributed by atoms with Gasteiger partial charge >= 0.3 is 5.97 Å². The number of hydrogen-bond acceptors (Lipinski definition) is 4. The van der Waals surface area contributed by atoms with Gasteiger partial charge in [-0.15, -0.1) is 0 Å². The number of benzene rings is 1. The first-order chi connectivity index (χ1) is 7.91. The predicted molar refractivity (Wildman–Crippen MR) is 64.4 cm³/mol. The van der Waals surface area contributed by atoms with Crippen LogP contribution in [0.5, 0.6) is 0 Å². The number of likely N-dealkylation sites (N-methyl/N-ethyl adjacent to an activating group) is 1. The molecule has 0 aliphatic heterocycles. The van der Waals surface area contributed by atoms with Gasteiger partial charge in [0.15, 0.2) is 0 Å². The van der Waals surface area contributed by atoms with E-state index in [2.05, 4.69) is 0 Å². The Morgan fingerprint density at radius 1 is 1.47 bits per heavy atom. The van der Waals surface area contributed by atoms with Gasteiger partial charge in [-0.3, -0.25) is 0 Å². The molecule has 1 aromatic carbocycles. The lowest BCUT2D eigenvalue weighted by Gasteiger charge is -2.11. The number of carbonyl (C=O) groups excluding carboxylic acids is 1. The highest BCUT2D eigenvalue weighted by atomic mass is 19.1. The Bertz CT molecular complexity index is 419. The summed E-state index contributed by atoms with van der Waals surface area (Å²) < 4.78 is 18.2. The normalized spacial score (nSPS) is 10.6. The number of halogens is 1. The fourth-order valence-corrected chi connectivity index (χ4v) is 1.31. The van der Waals surface area contributed by atoms with Gasteiger partial charge in [-0.1, -0.05) is 0 Å². The smallest absolute Gasteiger partial charge is 0.338 e. The van der Waals surface area contributed by atoms with Crippen LogP contribution in [-0.4, -0.2) is 38.1 Å². The van der Waals surface area contributed by atoms with Crippen molar-refractivity contribution in [2.45, 2.75) is 6.92 Å². The van der Waals surface area contributed by atoms with E-state index in [1.807, 2.05) is 19.0 Å². The molecule has 0 radical (unpaired) electrons. The number of aryl methyl sites for hydroxylation is 1. The van der Waals surface area contributed by atoms with Crippen molar-refractivity contribution in [2.75, 3.05) is 33.0 Å². The number of ether oxygens (including phenoxy) is 1. The van der Waals surface area contributed by atoms with Gasteiger partial charge in [-0.25, -0.2) is 9.18 Å². The predicted octanol–water partition coefficient (Wildman–Crippen LogP) is 1.43. The molecule has 0 fully saturated rings. The number of rotatable bonds is 4. The lowest BCUT2D eigenvalue weighted by molar-refractivity contribution is 0.0481. The monoisotopic (exact) mass is 240 g/mol. The Balaban J connectivity index is 2.72. The van der Waals surface area contributed by atoms with Crippen molar-refractivity contribution >= 4 is 11.7 Å². The second kappa shape index (κ2) is 5.63. The van der Waals surface area contributed by atoms with Crippen molar-refractivity contribution in [3.63, 3.8) is 0 Å². The van der Waals surface area contributed by atoms with Gasteiger partial charge in [-0.2, -0.15) is 0 Å². The second-order valence-corrected chi connectivity index (χ2v) is 4.13. The van der Waals surface area contributed by atoms with Crippen molar-refractivity contribution in [1.29, 1.82) is 0 Å². The molecule has 5 heteroatoms. The molecule has 0 amide bonds. The molecule has 17 heavy (non-hydrogen) atoms. The van der Waals surface area contributed by atoms with E-state index in [1.54, 1.807) is 6.92 Å². The Labute approximate surface area is 100 Å². The second-order valence-electron chi connectivity index (χ2n) is 4.13. The molecule has 4 nitrogen and oxygen atoms in total. The number of anilines is 1. The molecule has 0 aromatic heterocycles. The number of esters is 1. The van der Waals surface area contributed by atoms with Crippen molar-refractivity contribution < 1.29 is 13.9 Å². The summed E-state index contributed by atoms with van der Waals surface area (Å²) in [7, 11) is 3.77. The zero-order valence-corrected chi connectivity index (χ0v) is 10.3. The lowest BCUT2D eigenvalue weighted by Crippen LogP contribution is -2.20. The minimum Gasteiger partial charge on any atom is -0.461 e. The fraction of sp³-hybridized carbons (Fsp3) is 0.417. The van der Waals surface area contributed by atoms with E-state index < -0.39 is 11.8 Å². The van der Waals surface area contributed by atoms with Crippen LogP contribution in [0, 0.1) is 12.7 Å². The molecule has 2 N–H and O–H groups in total. The Morgan fingerprint density at radius 3 is 2.71 bits per heavy atom. The molecule has 94 valence electrons. The molecule has 0 bridgehead atoms. The maximum atomic E-state index is 13.1. The molecule has 0 saturated carbocycles. The number of nitrogens with zero attached hydrogens (tertiary/aromatic N) is 1. The van der Waals surface area contributed by atoms with E-state index in [1.165, 1.54) is 12.1 Å². The van der Waals surface area contributed by atoms with Gasteiger partial charge in [0, 0.05) is 6.54 Å². The molecule has 0 aliphatic carbocycles. The zero-order chi connectivity index (χ0) is 13.0. The summed E-state index contributed by atoms with van der Waals surface area (Å²) >= 11 is 0. The molecular formula is C12H17FN2O2. The molecule has 0 aliphatic rings. The largest absolute Gasteiger partial charge is 0.461 e. The minimum atomic E-state index is -0.521. The van der Waals surface area contributed by atoms with Crippen molar-refractivity contribution in [3.8, 4) is 0 Å². The molecule has 0 spiro atoms. The molecular weight excluding hydrogens is 223 g/mol. The molecule has 0 atom stereocenters. The van der Waals surface area contributed by atoms with E-state index in [9.17, 15) is 9.18 Å². The number of nitrogen functional groups attached to an aromatic ring is 1. The third kappa shape index (κ3) is 3.71. The summed E-state index contributed by atoms with van der Waals surface area (Å²) in [5, 5.41) is 0. The molecule has 1 aromatic rings. The summed E-state index contributed by atoms with van der Waals surface area (Å²) in [5.41, 5.74) is 6.20. The van der Waals surface area contributed by atoms with E-state index >= 15 is 0 Å². The van der Waals surface area contributed by atoms with E-state index in [0.29, 0.717) is 24.3 Å². The highest BCUT2D eigenvalue weighted by Gasteiger charge is 2.13. The summed E-state index contributed by atoms with van der Waals surface area (Å²) in [4.78, 5) is 13.6. The minimum absolute atomic E-state index is 0.0461. The van der Waals surface area contributed by atoms with Crippen LogP contribution in [0.2, 0.25) is 0 Å². The van der Waals surface area contributed by atoms with Crippen LogP contribution in [0.1, 0.15) is 15.9 Å². The number of carbonyl (C=O) groups is 1. The van der Waals surface area contributed by atoms with Gasteiger partial charge in [-0.05, 0) is 38.7 Å². The van der Waals surface area contributed by atoms with Crippen molar-refractivity contribution in [3.05, 3.63) is 29.1 Å². The number of hydrogen-bond donors (Lipinski definition) is 1. The van der Waals surface area contributed by atoms with Crippen molar-refractivity contribution in [2.24, 2.45) is 0 Å². The van der Waals surface area contributed by atoms with E-state index in [0.717, 1.165) is 0 Å². The van der Waals surface area contributed by atoms with E-state index in [-0.39, 0.29) is 5.69 Å². The van der Waals surface area contributed by atoms with Crippen LogP contribution in [0.15, 0.2) is 12.1 Å². The van der Waals surface area contributed by atoms with Crippen LogP contribution in [0.4, 0.5) is 10.1 Å². The van der Waals surface area contributed by atoms with E-state index in [4.69, 9.17) is 10.5 Å². The summed E-state index contributed by atoms with van der Waals surface area (Å²) in [5.74, 6) is -0.997. The van der Waals surface area contributed by atoms with Crippen molar-refractivity contribution in [1.82, 2.24) is 4.90 Å². The first-order valence-corrected chi connectivity index (χ1v) is 5.29. The summed E-state index contributed by atoms with van der Waals surface area (Å²) in [6.45, 7) is 2.58. The standard InChI is InChI=1S/C12H17FN2O2/c1-8-6-10(13)11(14)7-9(8)12(16)17-5-4-15(2)3/h6-7H,4-5,14H2,1-3H3. The van der Waals surface area contributed by atoms with Crippen LogP contribution in [0.25, 0.3) is 0 Å². The van der Waals surface area contributed by atoms with Gasteiger partial charge < -0.3 is 15.4 Å². The van der Waals surface area contributed by atoms with Gasteiger partial charge in [0.05, 0.1) is 11.3 Å². The SMILES string of the molecule is Cc1cc(F)c(N)cc1C(=O)OCCN(C)C. The maximum Gasteiger partial charge on any atom is 0.338 e. The first kappa shape index (κ1) is 13.4. The topological polar surface area (TPSA) is 55.6 Å². The fourth-order valence-electron chi connectivity index (χ4n) is 1.31. The first-order valence-electron chi connectivity index (χ1n) is 5.29. The molecule has 0 heterocycles. The van der Waals surface area contributed by atoms with Crippen LogP contribution >= 0.6 is 0 Å². The zero-order valence-electron chi connectivity index (χ0n) is 10.3. The third-order valence-corrected chi connectivity index (χ3v) is 2.34. The van der Waals surface area contributed by atoms with Gasteiger partial charge in [0.1, 0.15) is 12.4 Å². The summed E-state index contributed by atoms with van der Waals surface area (Å²) in [6, 6.07) is 2.54. The molecule has 0 saturated heterocycles. The van der Waals surface area contributed by atoms with Gasteiger partial charge in [0.2, 0.25) is 0 Å². The quantitative estimate of drug-likeness (QED) is 0.639. The Kier molecular flexibility index (Phi) is 4.45. The average molecular weight is 240 g/mol.